The van der Waals surface area contributed by atoms with Gasteiger partial charge in [-0.25, -0.2) is 0 Å². The van der Waals surface area contributed by atoms with Crippen molar-refractivity contribution >= 4 is 11.8 Å². The average molecular weight is 261 g/mol. The summed E-state index contributed by atoms with van der Waals surface area (Å²) >= 11 is 1.93. The lowest BCUT2D eigenvalue weighted by atomic mass is 10.1. The second-order valence-corrected chi connectivity index (χ2v) is 6.76. The molecule has 96 valence electrons. The fraction of sp³-hybridized carbons (Fsp3) is 0.533. The molecule has 3 heteroatoms. The zero-order chi connectivity index (χ0) is 13.2. The van der Waals surface area contributed by atoms with Gasteiger partial charge in [-0.3, -0.25) is 0 Å². The minimum atomic E-state index is 0.0305. The summed E-state index contributed by atoms with van der Waals surface area (Å²) in [5.74, 6) is 0.957. The first-order chi connectivity index (χ1) is 8.50. The number of benzene rings is 1. The van der Waals surface area contributed by atoms with Gasteiger partial charge in [0.2, 0.25) is 0 Å². The molecule has 1 aromatic carbocycles. The van der Waals surface area contributed by atoms with E-state index < -0.39 is 0 Å². The van der Waals surface area contributed by atoms with Gasteiger partial charge in [-0.1, -0.05) is 12.1 Å². The quantitative estimate of drug-likeness (QED) is 0.832. The number of thioether (sulfide) groups is 1. The van der Waals surface area contributed by atoms with Crippen LogP contribution in [-0.2, 0) is 10.5 Å². The second kappa shape index (κ2) is 5.34. The lowest BCUT2D eigenvalue weighted by Crippen LogP contribution is -2.16. The van der Waals surface area contributed by atoms with Crippen LogP contribution in [0.3, 0.4) is 0 Å². The monoisotopic (exact) mass is 261 g/mol. The van der Waals surface area contributed by atoms with Crippen LogP contribution in [0.15, 0.2) is 18.2 Å². The SMILES string of the molecule is Cc1ccc(CSC2COC(C)(C)C2)cc1C#N. The van der Waals surface area contributed by atoms with Crippen LogP contribution in [0.4, 0.5) is 0 Å². The zero-order valence-electron chi connectivity index (χ0n) is 11.2. The van der Waals surface area contributed by atoms with Crippen LogP contribution in [0.5, 0.6) is 0 Å². The Bertz CT molecular complexity index is 476. The first kappa shape index (κ1) is 13.5. The van der Waals surface area contributed by atoms with Crippen LogP contribution in [0, 0.1) is 18.3 Å². The molecule has 2 rings (SSSR count). The molecule has 1 heterocycles. The molecule has 1 atom stereocenters. The van der Waals surface area contributed by atoms with Crippen molar-refractivity contribution < 1.29 is 4.74 Å². The van der Waals surface area contributed by atoms with Crippen molar-refractivity contribution in [3.05, 3.63) is 34.9 Å². The van der Waals surface area contributed by atoms with Gasteiger partial charge in [-0.2, -0.15) is 17.0 Å². The lowest BCUT2D eigenvalue weighted by molar-refractivity contribution is 0.0368. The Kier molecular flexibility index (Phi) is 3.99. The average Bonchev–Trinajstić information content (AvgIpc) is 2.68. The molecule has 1 aliphatic heterocycles. The Morgan fingerprint density at radius 1 is 1.50 bits per heavy atom. The van der Waals surface area contributed by atoms with E-state index in [1.807, 2.05) is 30.8 Å². The smallest absolute Gasteiger partial charge is 0.0994 e. The molecule has 18 heavy (non-hydrogen) atoms. The molecule has 0 saturated carbocycles. The van der Waals surface area contributed by atoms with Crippen LogP contribution in [0.2, 0.25) is 0 Å². The third kappa shape index (κ3) is 3.28. The van der Waals surface area contributed by atoms with Gasteiger partial charge in [0, 0.05) is 11.0 Å². The van der Waals surface area contributed by atoms with Gasteiger partial charge < -0.3 is 4.74 Å². The summed E-state index contributed by atoms with van der Waals surface area (Å²) in [7, 11) is 0. The van der Waals surface area contributed by atoms with Crippen LogP contribution in [-0.4, -0.2) is 17.5 Å². The molecule has 1 fully saturated rings. The highest BCUT2D eigenvalue weighted by molar-refractivity contribution is 7.99. The Hall–Kier alpha value is -0.980. The lowest BCUT2D eigenvalue weighted by Gasteiger charge is -2.15. The van der Waals surface area contributed by atoms with E-state index in [0.717, 1.165) is 29.9 Å². The molecule has 2 nitrogen and oxygen atoms in total. The number of rotatable bonds is 3. The Morgan fingerprint density at radius 3 is 2.89 bits per heavy atom. The standard InChI is InChI=1S/C15H19NOS/c1-11-4-5-12(6-13(11)8-16)10-18-14-7-15(2,3)17-9-14/h4-6,14H,7,9-10H2,1-3H3. The minimum Gasteiger partial charge on any atom is -0.374 e. The predicted molar refractivity (Wildman–Crippen MR) is 75.6 cm³/mol. The van der Waals surface area contributed by atoms with E-state index in [2.05, 4.69) is 26.0 Å². The predicted octanol–water partition coefficient (Wildman–Crippen LogP) is 3.67. The van der Waals surface area contributed by atoms with Crippen molar-refractivity contribution in [2.45, 2.75) is 43.8 Å². The zero-order valence-corrected chi connectivity index (χ0v) is 12.0. The summed E-state index contributed by atoms with van der Waals surface area (Å²) in [6.45, 7) is 7.11. The number of ether oxygens (including phenoxy) is 1. The van der Waals surface area contributed by atoms with Crippen molar-refractivity contribution in [1.29, 1.82) is 5.26 Å². The summed E-state index contributed by atoms with van der Waals surface area (Å²) in [5, 5.41) is 9.59. The van der Waals surface area contributed by atoms with Gasteiger partial charge in [-0.05, 0) is 44.4 Å². The van der Waals surface area contributed by atoms with Gasteiger partial charge >= 0.3 is 0 Å². The van der Waals surface area contributed by atoms with Crippen LogP contribution < -0.4 is 0 Å². The van der Waals surface area contributed by atoms with Gasteiger partial charge in [0.15, 0.2) is 0 Å². The highest BCUT2D eigenvalue weighted by Gasteiger charge is 2.31. The number of hydrogen-bond acceptors (Lipinski definition) is 3. The third-order valence-electron chi connectivity index (χ3n) is 3.29. The van der Waals surface area contributed by atoms with Crippen molar-refractivity contribution in [3.63, 3.8) is 0 Å². The number of aryl methyl sites for hydroxylation is 1. The highest BCUT2D eigenvalue weighted by atomic mass is 32.2. The van der Waals surface area contributed by atoms with Crippen molar-refractivity contribution in [3.8, 4) is 6.07 Å². The fourth-order valence-electron chi connectivity index (χ4n) is 2.19. The Labute approximate surface area is 113 Å². The van der Waals surface area contributed by atoms with Crippen LogP contribution in [0.1, 0.15) is 37.0 Å². The summed E-state index contributed by atoms with van der Waals surface area (Å²) in [4.78, 5) is 0. The van der Waals surface area contributed by atoms with E-state index in [1.165, 1.54) is 5.56 Å². The van der Waals surface area contributed by atoms with E-state index in [0.29, 0.717) is 5.25 Å². The Balaban J connectivity index is 1.93. The summed E-state index contributed by atoms with van der Waals surface area (Å²) in [5.41, 5.74) is 3.10. The largest absolute Gasteiger partial charge is 0.374 e. The highest BCUT2D eigenvalue weighted by Crippen LogP contribution is 2.33. The normalized spacial score (nSPS) is 21.8. The molecule has 1 aliphatic rings. The molecule has 0 spiro atoms. The first-order valence-corrected chi connectivity index (χ1v) is 7.30. The molecule has 1 aromatic rings. The summed E-state index contributed by atoms with van der Waals surface area (Å²) in [6, 6.07) is 8.39. The van der Waals surface area contributed by atoms with Gasteiger partial charge in [0.1, 0.15) is 0 Å². The molecule has 0 amide bonds. The third-order valence-corrected chi connectivity index (χ3v) is 4.56. The molecular weight excluding hydrogens is 242 g/mol. The van der Waals surface area contributed by atoms with E-state index >= 15 is 0 Å². The van der Waals surface area contributed by atoms with E-state index in [-0.39, 0.29) is 5.60 Å². The number of nitrogens with zero attached hydrogens (tertiary/aromatic N) is 1. The first-order valence-electron chi connectivity index (χ1n) is 6.25. The molecule has 0 aromatic heterocycles. The molecule has 1 saturated heterocycles. The van der Waals surface area contributed by atoms with Crippen molar-refractivity contribution in [2.75, 3.05) is 6.61 Å². The van der Waals surface area contributed by atoms with Crippen molar-refractivity contribution in [1.82, 2.24) is 0 Å². The van der Waals surface area contributed by atoms with Crippen molar-refractivity contribution in [2.24, 2.45) is 0 Å². The van der Waals surface area contributed by atoms with Crippen LogP contribution in [0.25, 0.3) is 0 Å². The van der Waals surface area contributed by atoms with Gasteiger partial charge in [0.05, 0.1) is 23.8 Å². The molecule has 1 unspecified atom stereocenters. The molecule has 0 N–H and O–H groups in total. The van der Waals surface area contributed by atoms with Gasteiger partial charge in [0.25, 0.3) is 0 Å². The Morgan fingerprint density at radius 2 is 2.28 bits per heavy atom. The van der Waals surface area contributed by atoms with E-state index in [4.69, 9.17) is 10.00 Å². The number of hydrogen-bond donors (Lipinski definition) is 0. The topological polar surface area (TPSA) is 33.0 Å². The molecule has 0 radical (unpaired) electrons. The molecular formula is C15H19NOS. The molecule has 0 bridgehead atoms. The maximum absolute atomic E-state index is 9.01. The number of nitriles is 1. The minimum absolute atomic E-state index is 0.0305. The van der Waals surface area contributed by atoms with Crippen LogP contribution >= 0.6 is 11.8 Å². The van der Waals surface area contributed by atoms with E-state index in [9.17, 15) is 0 Å². The molecule has 0 aliphatic carbocycles. The van der Waals surface area contributed by atoms with Gasteiger partial charge in [-0.15, -0.1) is 0 Å². The summed E-state index contributed by atoms with van der Waals surface area (Å²) in [6.07, 6.45) is 1.11. The summed E-state index contributed by atoms with van der Waals surface area (Å²) < 4.78 is 5.73. The maximum Gasteiger partial charge on any atom is 0.0994 e. The second-order valence-electron chi connectivity index (χ2n) is 5.47. The van der Waals surface area contributed by atoms with E-state index in [1.54, 1.807) is 0 Å². The fourth-order valence-corrected chi connectivity index (χ4v) is 3.48. The maximum atomic E-state index is 9.01.